The summed E-state index contributed by atoms with van der Waals surface area (Å²) in [5.74, 6) is -1.86. The van der Waals surface area contributed by atoms with Gasteiger partial charge in [0.1, 0.15) is 0 Å². The molecule has 0 spiro atoms. The van der Waals surface area contributed by atoms with Gasteiger partial charge in [0.2, 0.25) is 0 Å². The van der Waals surface area contributed by atoms with Crippen LogP contribution in [-0.4, -0.2) is 18.1 Å². The molecule has 5 heteroatoms. The third-order valence-corrected chi connectivity index (χ3v) is 2.64. The van der Waals surface area contributed by atoms with E-state index in [1.807, 2.05) is 43.4 Å². The van der Waals surface area contributed by atoms with E-state index in [1.54, 1.807) is 0 Å². The number of halogens is 3. The second-order valence-electron chi connectivity index (χ2n) is 3.85. The molecular formula is C13H16F3NO. The molecule has 0 bridgehead atoms. The number of benzene rings is 1. The van der Waals surface area contributed by atoms with Gasteiger partial charge in [0.15, 0.2) is 0 Å². The molecule has 2 rings (SSSR count). The standard InChI is InChI=1S/C11H10F3NO.C2H6/c12-11(13,14)10(16)15-9-5-7-3-1-2-4-8(7)6-9;1-2/h1-4,9H,5-6H2,(H,15,16);1-2H3. The normalized spacial score (nSPS) is 14.5. The average molecular weight is 259 g/mol. The smallest absolute Gasteiger partial charge is 0.345 e. The minimum absolute atomic E-state index is 0.438. The van der Waals surface area contributed by atoms with Gasteiger partial charge in [0.25, 0.3) is 0 Å². The fraction of sp³-hybridized carbons (Fsp3) is 0.462. The second-order valence-corrected chi connectivity index (χ2v) is 3.85. The summed E-state index contributed by atoms with van der Waals surface area (Å²) in [4.78, 5) is 10.7. The number of carbonyl (C=O) groups is 1. The second kappa shape index (κ2) is 5.89. The number of fused-ring (bicyclic) bond motifs is 1. The Kier molecular flexibility index (Phi) is 4.76. The van der Waals surface area contributed by atoms with E-state index in [2.05, 4.69) is 0 Å². The Bertz CT molecular complexity index is 390. The van der Waals surface area contributed by atoms with Gasteiger partial charge in [-0.05, 0) is 24.0 Å². The van der Waals surface area contributed by atoms with Crippen LogP contribution in [0, 0.1) is 0 Å². The first-order chi connectivity index (χ1) is 8.47. The van der Waals surface area contributed by atoms with Gasteiger partial charge in [-0.25, -0.2) is 0 Å². The number of alkyl halides is 3. The molecule has 1 aliphatic carbocycles. The van der Waals surface area contributed by atoms with Crippen LogP contribution in [0.5, 0.6) is 0 Å². The van der Waals surface area contributed by atoms with Crippen molar-refractivity contribution >= 4 is 5.91 Å². The lowest BCUT2D eigenvalue weighted by atomic mass is 10.1. The topological polar surface area (TPSA) is 29.1 Å². The molecule has 1 aromatic carbocycles. The van der Waals surface area contributed by atoms with Crippen LogP contribution >= 0.6 is 0 Å². The third-order valence-electron chi connectivity index (χ3n) is 2.64. The Labute approximate surface area is 104 Å². The molecular weight excluding hydrogens is 243 g/mol. The zero-order valence-electron chi connectivity index (χ0n) is 10.3. The Balaban J connectivity index is 0.000000771. The van der Waals surface area contributed by atoms with Crippen molar-refractivity contribution in [2.24, 2.45) is 0 Å². The first-order valence-electron chi connectivity index (χ1n) is 5.91. The fourth-order valence-corrected chi connectivity index (χ4v) is 1.93. The molecule has 100 valence electrons. The van der Waals surface area contributed by atoms with E-state index < -0.39 is 18.1 Å². The summed E-state index contributed by atoms with van der Waals surface area (Å²) < 4.78 is 36.1. The highest BCUT2D eigenvalue weighted by molar-refractivity contribution is 5.82. The minimum atomic E-state index is -4.80. The highest BCUT2D eigenvalue weighted by Gasteiger charge is 2.40. The summed E-state index contributed by atoms with van der Waals surface area (Å²) in [7, 11) is 0. The lowest BCUT2D eigenvalue weighted by Gasteiger charge is -2.13. The van der Waals surface area contributed by atoms with Crippen LogP contribution in [0.4, 0.5) is 13.2 Å². The van der Waals surface area contributed by atoms with Crippen LogP contribution in [-0.2, 0) is 17.6 Å². The van der Waals surface area contributed by atoms with Gasteiger partial charge in [-0.15, -0.1) is 0 Å². The molecule has 1 amide bonds. The van der Waals surface area contributed by atoms with Gasteiger partial charge in [-0.2, -0.15) is 13.2 Å². The summed E-state index contributed by atoms with van der Waals surface area (Å²) >= 11 is 0. The predicted molar refractivity (Wildman–Crippen MR) is 63.2 cm³/mol. The molecule has 0 saturated carbocycles. The molecule has 0 saturated heterocycles. The minimum Gasteiger partial charge on any atom is -0.345 e. The van der Waals surface area contributed by atoms with E-state index in [9.17, 15) is 18.0 Å². The number of amides is 1. The lowest BCUT2D eigenvalue weighted by Crippen LogP contribution is -2.43. The van der Waals surface area contributed by atoms with E-state index in [0.717, 1.165) is 11.1 Å². The number of nitrogens with one attached hydrogen (secondary N) is 1. The summed E-state index contributed by atoms with van der Waals surface area (Å²) in [5, 5.41) is 2.00. The van der Waals surface area contributed by atoms with Crippen molar-refractivity contribution in [2.75, 3.05) is 0 Å². The van der Waals surface area contributed by atoms with Crippen molar-refractivity contribution in [2.45, 2.75) is 38.9 Å². The monoisotopic (exact) mass is 259 g/mol. The molecule has 0 radical (unpaired) electrons. The Hall–Kier alpha value is -1.52. The van der Waals surface area contributed by atoms with Crippen LogP contribution in [0.25, 0.3) is 0 Å². The largest absolute Gasteiger partial charge is 0.471 e. The Morgan fingerprint density at radius 1 is 1.17 bits per heavy atom. The number of hydrogen-bond acceptors (Lipinski definition) is 1. The quantitative estimate of drug-likeness (QED) is 0.825. The molecule has 0 atom stereocenters. The predicted octanol–water partition coefficient (Wildman–Crippen LogP) is 2.86. The maximum atomic E-state index is 12.0. The van der Waals surface area contributed by atoms with Crippen LogP contribution in [0.1, 0.15) is 25.0 Å². The van der Waals surface area contributed by atoms with Crippen LogP contribution in [0.15, 0.2) is 24.3 Å². The van der Waals surface area contributed by atoms with Gasteiger partial charge < -0.3 is 5.32 Å². The Morgan fingerprint density at radius 2 is 1.61 bits per heavy atom. The fourth-order valence-electron chi connectivity index (χ4n) is 1.93. The van der Waals surface area contributed by atoms with Crippen LogP contribution < -0.4 is 5.32 Å². The highest BCUT2D eigenvalue weighted by Crippen LogP contribution is 2.23. The van der Waals surface area contributed by atoms with Crippen molar-refractivity contribution in [1.29, 1.82) is 0 Å². The number of hydrogen-bond donors (Lipinski definition) is 1. The molecule has 1 aromatic rings. The summed E-state index contributed by atoms with van der Waals surface area (Å²) in [6.45, 7) is 4.00. The van der Waals surface area contributed by atoms with Crippen molar-refractivity contribution in [3.8, 4) is 0 Å². The van der Waals surface area contributed by atoms with E-state index in [1.165, 1.54) is 0 Å². The molecule has 18 heavy (non-hydrogen) atoms. The van der Waals surface area contributed by atoms with E-state index in [-0.39, 0.29) is 0 Å². The highest BCUT2D eigenvalue weighted by atomic mass is 19.4. The molecule has 1 aliphatic rings. The molecule has 0 unspecified atom stereocenters. The molecule has 2 nitrogen and oxygen atoms in total. The SMILES string of the molecule is CC.O=C(NC1Cc2ccccc2C1)C(F)(F)F. The van der Waals surface area contributed by atoms with Gasteiger partial charge in [0.05, 0.1) is 0 Å². The summed E-state index contributed by atoms with van der Waals surface area (Å²) in [5.41, 5.74) is 2.02. The van der Waals surface area contributed by atoms with Crippen molar-refractivity contribution < 1.29 is 18.0 Å². The van der Waals surface area contributed by atoms with Crippen molar-refractivity contribution in [1.82, 2.24) is 5.32 Å². The molecule has 0 aliphatic heterocycles. The van der Waals surface area contributed by atoms with Crippen LogP contribution in [0.3, 0.4) is 0 Å². The van der Waals surface area contributed by atoms with Crippen molar-refractivity contribution in [3.05, 3.63) is 35.4 Å². The van der Waals surface area contributed by atoms with Gasteiger partial charge in [-0.1, -0.05) is 38.1 Å². The molecule has 1 N–H and O–H groups in total. The third kappa shape index (κ3) is 3.48. The summed E-state index contributed by atoms with van der Waals surface area (Å²) in [6.07, 6.45) is -3.86. The molecule has 0 heterocycles. The maximum Gasteiger partial charge on any atom is 0.471 e. The lowest BCUT2D eigenvalue weighted by molar-refractivity contribution is -0.174. The maximum absolute atomic E-state index is 12.0. The van der Waals surface area contributed by atoms with E-state index in [4.69, 9.17) is 0 Å². The Morgan fingerprint density at radius 3 is 2.00 bits per heavy atom. The number of carbonyl (C=O) groups excluding carboxylic acids is 1. The summed E-state index contributed by atoms with van der Waals surface area (Å²) in [6, 6.07) is 6.98. The van der Waals surface area contributed by atoms with E-state index >= 15 is 0 Å². The zero-order valence-corrected chi connectivity index (χ0v) is 10.3. The molecule has 0 fully saturated rings. The van der Waals surface area contributed by atoms with Gasteiger partial charge >= 0.3 is 12.1 Å². The zero-order chi connectivity index (χ0) is 13.8. The van der Waals surface area contributed by atoms with Crippen LogP contribution in [0.2, 0.25) is 0 Å². The number of rotatable bonds is 1. The van der Waals surface area contributed by atoms with Gasteiger partial charge in [0, 0.05) is 6.04 Å². The van der Waals surface area contributed by atoms with Gasteiger partial charge in [-0.3, -0.25) is 4.79 Å². The first-order valence-corrected chi connectivity index (χ1v) is 5.91. The molecule has 0 aromatic heterocycles. The average Bonchev–Trinajstić information content (AvgIpc) is 2.72. The first kappa shape index (κ1) is 14.5. The van der Waals surface area contributed by atoms with E-state index in [0.29, 0.717) is 12.8 Å². The van der Waals surface area contributed by atoms with Crippen molar-refractivity contribution in [3.63, 3.8) is 0 Å².